The maximum absolute atomic E-state index is 11.5. The number of rotatable bonds is 4. The fourth-order valence-corrected chi connectivity index (χ4v) is 1.88. The van der Waals surface area contributed by atoms with E-state index in [4.69, 9.17) is 4.74 Å². The van der Waals surface area contributed by atoms with E-state index in [0.717, 1.165) is 11.4 Å². The highest BCUT2D eigenvalue weighted by molar-refractivity contribution is 5.98. The molecule has 1 atom stereocenters. The standard InChI is InChI=1S/C13H16N2O3/c1-18-11-5-3-10(4-6-11)14-8-9-2-7-12(16)15-13(9)17/h3-6,9,14H,2,7-8H2,1H3,(H,15,16,17). The van der Waals surface area contributed by atoms with E-state index >= 15 is 0 Å². The first-order valence-electron chi connectivity index (χ1n) is 5.90. The van der Waals surface area contributed by atoms with Crippen LogP contribution >= 0.6 is 0 Å². The molecule has 96 valence electrons. The highest BCUT2D eigenvalue weighted by Gasteiger charge is 2.25. The van der Waals surface area contributed by atoms with E-state index in [0.29, 0.717) is 19.4 Å². The predicted octanol–water partition coefficient (Wildman–Crippen LogP) is 1.16. The Bertz CT molecular complexity index is 442. The third-order valence-electron chi connectivity index (χ3n) is 3.00. The lowest BCUT2D eigenvalue weighted by Crippen LogP contribution is -2.43. The molecule has 1 heterocycles. The molecule has 1 saturated heterocycles. The molecule has 1 aromatic rings. The van der Waals surface area contributed by atoms with Crippen molar-refractivity contribution in [1.82, 2.24) is 5.32 Å². The van der Waals surface area contributed by atoms with Gasteiger partial charge < -0.3 is 10.1 Å². The molecular formula is C13H16N2O3. The minimum absolute atomic E-state index is 0.148. The fourth-order valence-electron chi connectivity index (χ4n) is 1.88. The van der Waals surface area contributed by atoms with Crippen LogP contribution in [0.4, 0.5) is 5.69 Å². The van der Waals surface area contributed by atoms with Crippen LogP contribution in [0.5, 0.6) is 5.75 Å². The van der Waals surface area contributed by atoms with E-state index < -0.39 is 0 Å². The zero-order valence-electron chi connectivity index (χ0n) is 10.2. The molecular weight excluding hydrogens is 232 g/mol. The highest BCUT2D eigenvalue weighted by Crippen LogP contribution is 2.17. The number of carbonyl (C=O) groups excluding carboxylic acids is 2. The van der Waals surface area contributed by atoms with Crippen molar-refractivity contribution in [2.45, 2.75) is 12.8 Å². The summed E-state index contributed by atoms with van der Waals surface area (Å²) < 4.78 is 5.06. The Morgan fingerprint density at radius 3 is 2.67 bits per heavy atom. The number of hydrogen-bond donors (Lipinski definition) is 2. The molecule has 0 aromatic heterocycles. The first-order chi connectivity index (χ1) is 8.69. The molecule has 1 aliphatic heterocycles. The number of methoxy groups -OCH3 is 1. The molecule has 5 nitrogen and oxygen atoms in total. The second kappa shape index (κ2) is 5.53. The molecule has 5 heteroatoms. The van der Waals surface area contributed by atoms with Crippen LogP contribution in [-0.2, 0) is 9.59 Å². The molecule has 0 radical (unpaired) electrons. The number of hydrogen-bond acceptors (Lipinski definition) is 4. The number of amides is 2. The first kappa shape index (κ1) is 12.4. The topological polar surface area (TPSA) is 67.4 Å². The number of imide groups is 1. The van der Waals surface area contributed by atoms with Gasteiger partial charge >= 0.3 is 0 Å². The lowest BCUT2D eigenvalue weighted by molar-refractivity contribution is -0.135. The summed E-state index contributed by atoms with van der Waals surface area (Å²) in [7, 11) is 1.62. The van der Waals surface area contributed by atoms with Crippen LogP contribution in [0, 0.1) is 5.92 Å². The average molecular weight is 248 g/mol. The van der Waals surface area contributed by atoms with E-state index in [1.165, 1.54) is 0 Å². The largest absolute Gasteiger partial charge is 0.497 e. The maximum atomic E-state index is 11.5. The summed E-state index contributed by atoms with van der Waals surface area (Å²) in [4.78, 5) is 22.5. The molecule has 0 spiro atoms. The Kier molecular flexibility index (Phi) is 3.82. The van der Waals surface area contributed by atoms with Crippen LogP contribution in [0.3, 0.4) is 0 Å². The molecule has 0 saturated carbocycles. The van der Waals surface area contributed by atoms with Crippen molar-refractivity contribution in [3.8, 4) is 5.75 Å². The predicted molar refractivity (Wildman–Crippen MR) is 67.4 cm³/mol. The summed E-state index contributed by atoms with van der Waals surface area (Å²) in [6, 6.07) is 7.50. The number of ether oxygens (including phenoxy) is 1. The van der Waals surface area contributed by atoms with Crippen molar-refractivity contribution >= 4 is 17.5 Å². The van der Waals surface area contributed by atoms with E-state index in [1.807, 2.05) is 24.3 Å². The summed E-state index contributed by atoms with van der Waals surface area (Å²) >= 11 is 0. The van der Waals surface area contributed by atoms with Gasteiger partial charge in [0.2, 0.25) is 11.8 Å². The van der Waals surface area contributed by atoms with Gasteiger partial charge in [-0.1, -0.05) is 0 Å². The van der Waals surface area contributed by atoms with Gasteiger partial charge in [0, 0.05) is 18.7 Å². The molecule has 2 N–H and O–H groups in total. The number of nitrogens with one attached hydrogen (secondary N) is 2. The monoisotopic (exact) mass is 248 g/mol. The minimum atomic E-state index is -0.188. The van der Waals surface area contributed by atoms with Gasteiger partial charge in [0.25, 0.3) is 0 Å². The number of anilines is 1. The van der Waals surface area contributed by atoms with Gasteiger partial charge in [-0.15, -0.1) is 0 Å². The van der Waals surface area contributed by atoms with Crippen LogP contribution in [0.15, 0.2) is 24.3 Å². The summed E-state index contributed by atoms with van der Waals surface area (Å²) in [5.41, 5.74) is 0.931. The Hall–Kier alpha value is -2.04. The smallest absolute Gasteiger partial charge is 0.231 e. The molecule has 2 amide bonds. The van der Waals surface area contributed by atoms with E-state index in [9.17, 15) is 9.59 Å². The normalized spacial score (nSPS) is 19.3. The van der Waals surface area contributed by atoms with Crippen molar-refractivity contribution in [3.63, 3.8) is 0 Å². The van der Waals surface area contributed by atoms with Crippen molar-refractivity contribution < 1.29 is 14.3 Å². The first-order valence-corrected chi connectivity index (χ1v) is 5.90. The summed E-state index contributed by atoms with van der Waals surface area (Å²) in [5, 5.41) is 5.53. The highest BCUT2D eigenvalue weighted by atomic mass is 16.5. The number of benzene rings is 1. The third kappa shape index (κ3) is 3.00. The van der Waals surface area contributed by atoms with Gasteiger partial charge in [0.1, 0.15) is 5.75 Å². The van der Waals surface area contributed by atoms with E-state index in [-0.39, 0.29) is 17.7 Å². The molecule has 2 rings (SSSR count). The van der Waals surface area contributed by atoms with Crippen LogP contribution in [0.25, 0.3) is 0 Å². The molecule has 18 heavy (non-hydrogen) atoms. The van der Waals surface area contributed by atoms with Crippen LogP contribution in [0.2, 0.25) is 0 Å². The Labute approximate surface area is 106 Å². The van der Waals surface area contributed by atoms with Crippen molar-refractivity contribution in [1.29, 1.82) is 0 Å². The minimum Gasteiger partial charge on any atom is -0.497 e. The zero-order valence-corrected chi connectivity index (χ0v) is 10.2. The summed E-state index contributed by atoms with van der Waals surface area (Å²) in [5.74, 6) is 0.277. The molecule has 1 aliphatic rings. The van der Waals surface area contributed by atoms with Gasteiger partial charge in [-0.05, 0) is 30.7 Å². The zero-order chi connectivity index (χ0) is 13.0. The fraction of sp³-hybridized carbons (Fsp3) is 0.385. The quantitative estimate of drug-likeness (QED) is 0.785. The van der Waals surface area contributed by atoms with Crippen molar-refractivity contribution in [3.05, 3.63) is 24.3 Å². The van der Waals surface area contributed by atoms with Gasteiger partial charge in [-0.2, -0.15) is 0 Å². The van der Waals surface area contributed by atoms with Gasteiger partial charge in [0.15, 0.2) is 0 Å². The van der Waals surface area contributed by atoms with Crippen molar-refractivity contribution in [2.75, 3.05) is 19.0 Å². The van der Waals surface area contributed by atoms with E-state index in [2.05, 4.69) is 10.6 Å². The molecule has 1 fully saturated rings. The Balaban J connectivity index is 1.87. The summed E-state index contributed by atoms with van der Waals surface area (Å²) in [6.45, 7) is 0.533. The van der Waals surface area contributed by atoms with Gasteiger partial charge in [-0.25, -0.2) is 0 Å². The van der Waals surface area contributed by atoms with Gasteiger partial charge in [0.05, 0.1) is 13.0 Å². The van der Waals surface area contributed by atoms with Crippen LogP contribution in [0.1, 0.15) is 12.8 Å². The van der Waals surface area contributed by atoms with E-state index in [1.54, 1.807) is 7.11 Å². The second-order valence-corrected chi connectivity index (χ2v) is 4.26. The molecule has 0 aliphatic carbocycles. The Morgan fingerprint density at radius 2 is 2.06 bits per heavy atom. The van der Waals surface area contributed by atoms with Crippen LogP contribution < -0.4 is 15.4 Å². The van der Waals surface area contributed by atoms with Gasteiger partial charge in [-0.3, -0.25) is 14.9 Å². The van der Waals surface area contributed by atoms with Crippen molar-refractivity contribution in [2.24, 2.45) is 5.92 Å². The lowest BCUT2D eigenvalue weighted by atomic mass is 9.98. The average Bonchev–Trinajstić information content (AvgIpc) is 2.38. The molecule has 1 aromatic carbocycles. The Morgan fingerprint density at radius 1 is 1.33 bits per heavy atom. The SMILES string of the molecule is COc1ccc(NCC2CCC(=O)NC2=O)cc1. The molecule has 1 unspecified atom stereocenters. The lowest BCUT2D eigenvalue weighted by Gasteiger charge is -2.21. The number of piperidine rings is 1. The second-order valence-electron chi connectivity index (χ2n) is 4.26. The maximum Gasteiger partial charge on any atom is 0.231 e. The van der Waals surface area contributed by atoms with Crippen LogP contribution in [-0.4, -0.2) is 25.5 Å². The third-order valence-corrected chi connectivity index (χ3v) is 3.00. The number of carbonyl (C=O) groups is 2. The molecule has 0 bridgehead atoms. The summed E-state index contributed by atoms with van der Waals surface area (Å²) in [6.07, 6.45) is 1.02.